The van der Waals surface area contributed by atoms with E-state index >= 15 is 0 Å². The predicted molar refractivity (Wildman–Crippen MR) is 151 cm³/mol. The van der Waals surface area contributed by atoms with Gasteiger partial charge in [0.2, 0.25) is 0 Å². The number of nitrogens with zero attached hydrogens (tertiary/aromatic N) is 1. The van der Waals surface area contributed by atoms with Gasteiger partial charge in [-0.1, -0.05) is 45.0 Å². The van der Waals surface area contributed by atoms with Crippen LogP contribution in [0.5, 0.6) is 0 Å². The van der Waals surface area contributed by atoms with E-state index in [2.05, 4.69) is 66.3 Å². The summed E-state index contributed by atoms with van der Waals surface area (Å²) in [7, 11) is 0. The first-order valence-electron chi connectivity index (χ1n) is 13.6. The maximum Gasteiger partial charge on any atom is 0.0742 e. The van der Waals surface area contributed by atoms with Gasteiger partial charge in [-0.3, -0.25) is 4.98 Å². The summed E-state index contributed by atoms with van der Waals surface area (Å²) >= 11 is 6.60. The number of rotatable bonds is 7. The van der Waals surface area contributed by atoms with Crippen LogP contribution in [0.3, 0.4) is 0 Å². The molecule has 0 spiro atoms. The zero-order valence-electron chi connectivity index (χ0n) is 21.7. The number of hydrogen-bond acceptors (Lipinski definition) is 3. The van der Waals surface area contributed by atoms with Crippen molar-refractivity contribution in [3.05, 3.63) is 70.6 Å². The summed E-state index contributed by atoms with van der Waals surface area (Å²) in [6, 6.07) is 8.79. The van der Waals surface area contributed by atoms with Gasteiger partial charge in [-0.05, 0) is 85.6 Å². The van der Waals surface area contributed by atoms with Crippen LogP contribution in [0.15, 0.2) is 43.2 Å². The van der Waals surface area contributed by atoms with E-state index in [0.717, 1.165) is 52.1 Å². The molecule has 3 aliphatic rings. The number of aromatic nitrogens is 2. The molecule has 3 unspecified atom stereocenters. The van der Waals surface area contributed by atoms with E-state index in [4.69, 9.17) is 11.6 Å². The molecule has 1 aromatic carbocycles. The Morgan fingerprint density at radius 3 is 2.75 bits per heavy atom. The van der Waals surface area contributed by atoms with Crippen molar-refractivity contribution in [3.8, 4) is 11.3 Å². The minimum atomic E-state index is 0.465. The Morgan fingerprint density at radius 1 is 1.19 bits per heavy atom. The third-order valence-corrected chi connectivity index (χ3v) is 9.60. The van der Waals surface area contributed by atoms with Gasteiger partial charge < -0.3 is 15.6 Å². The Bertz CT molecular complexity index is 1320. The van der Waals surface area contributed by atoms with Crippen LogP contribution in [0.4, 0.5) is 11.4 Å². The van der Waals surface area contributed by atoms with Gasteiger partial charge in [0.15, 0.2) is 0 Å². The van der Waals surface area contributed by atoms with E-state index in [1.165, 1.54) is 54.5 Å². The first-order valence-corrected chi connectivity index (χ1v) is 13.9. The van der Waals surface area contributed by atoms with Gasteiger partial charge in [0.1, 0.15) is 0 Å². The Labute approximate surface area is 220 Å². The molecule has 1 aliphatic heterocycles. The normalized spacial score (nSPS) is 23.7. The van der Waals surface area contributed by atoms with Gasteiger partial charge in [0.05, 0.1) is 11.4 Å². The highest BCUT2D eigenvalue weighted by Crippen LogP contribution is 2.51. The molecule has 3 heterocycles. The van der Waals surface area contributed by atoms with Crippen molar-refractivity contribution in [2.75, 3.05) is 5.32 Å². The molecule has 5 heteroatoms. The number of fused-ring (bicyclic) bond motifs is 3. The van der Waals surface area contributed by atoms with Crippen LogP contribution in [0.2, 0.25) is 5.02 Å². The standard InChI is InChI=1S/C31H37ClN4/c1-5-21-24(32)7-6-8-25(21)35-30-27-18(2)34-26-12-11-23(26)28(27)36-29(30)22-14-16-33-17-19(22)9-10-20-13-15-31(20,3)4/h6-8,14,16-17,20,23,26,34-36H,2,5,9-13,15H2,1,3-4H3. The van der Waals surface area contributed by atoms with Crippen LogP contribution in [-0.4, -0.2) is 16.0 Å². The SMILES string of the molecule is C=C1NC2CCC2c2[nH]c(-c3ccncc3CCC3CCC3(C)C)c(Nc3cccc(Cl)c3CC)c21. The molecule has 2 aromatic heterocycles. The Kier molecular flexibility index (Phi) is 5.91. The van der Waals surface area contributed by atoms with Crippen molar-refractivity contribution in [1.82, 2.24) is 15.3 Å². The van der Waals surface area contributed by atoms with Crippen molar-refractivity contribution >= 4 is 28.7 Å². The van der Waals surface area contributed by atoms with Crippen LogP contribution in [-0.2, 0) is 12.8 Å². The van der Waals surface area contributed by atoms with Gasteiger partial charge in [0, 0.05) is 57.6 Å². The molecule has 2 fully saturated rings. The van der Waals surface area contributed by atoms with Crippen molar-refractivity contribution < 1.29 is 0 Å². The molecule has 2 saturated carbocycles. The van der Waals surface area contributed by atoms with E-state index in [9.17, 15) is 0 Å². The fourth-order valence-corrected chi connectivity index (χ4v) is 6.89. The van der Waals surface area contributed by atoms with Crippen LogP contribution >= 0.6 is 11.6 Å². The molecule has 0 bridgehead atoms. The molecular formula is C31H37ClN4. The van der Waals surface area contributed by atoms with Crippen LogP contribution in [0.25, 0.3) is 17.0 Å². The summed E-state index contributed by atoms with van der Waals surface area (Å²) in [6.07, 6.45) is 12.2. The summed E-state index contributed by atoms with van der Waals surface area (Å²) in [5.41, 5.74) is 11.0. The zero-order valence-corrected chi connectivity index (χ0v) is 22.4. The Hall–Kier alpha value is -2.72. The minimum Gasteiger partial charge on any atom is -0.382 e. The van der Waals surface area contributed by atoms with Crippen molar-refractivity contribution in [1.29, 1.82) is 0 Å². The Balaban J connectivity index is 1.44. The molecule has 3 N–H and O–H groups in total. The summed E-state index contributed by atoms with van der Waals surface area (Å²) < 4.78 is 0. The van der Waals surface area contributed by atoms with E-state index in [1.807, 2.05) is 18.3 Å². The zero-order chi connectivity index (χ0) is 25.0. The number of H-pyrrole nitrogens is 1. The number of benzene rings is 1. The third-order valence-electron chi connectivity index (χ3n) is 9.25. The van der Waals surface area contributed by atoms with E-state index < -0.39 is 0 Å². The van der Waals surface area contributed by atoms with Gasteiger partial charge in [-0.2, -0.15) is 0 Å². The number of halogens is 1. The van der Waals surface area contributed by atoms with Gasteiger partial charge >= 0.3 is 0 Å². The fourth-order valence-electron chi connectivity index (χ4n) is 6.58. The lowest BCUT2D eigenvalue weighted by molar-refractivity contribution is 0.0650. The van der Waals surface area contributed by atoms with Crippen molar-refractivity contribution in [3.63, 3.8) is 0 Å². The molecule has 188 valence electrons. The molecule has 6 rings (SSSR count). The number of anilines is 2. The van der Waals surface area contributed by atoms with Crippen molar-refractivity contribution in [2.45, 2.75) is 77.7 Å². The molecule has 0 saturated heterocycles. The summed E-state index contributed by atoms with van der Waals surface area (Å²) in [5, 5.41) is 8.31. The predicted octanol–water partition coefficient (Wildman–Crippen LogP) is 8.22. The lowest BCUT2D eigenvalue weighted by Gasteiger charge is -2.45. The maximum absolute atomic E-state index is 6.60. The number of aromatic amines is 1. The number of aryl methyl sites for hydroxylation is 1. The van der Waals surface area contributed by atoms with Gasteiger partial charge in [-0.15, -0.1) is 0 Å². The summed E-state index contributed by atoms with van der Waals surface area (Å²) in [5.74, 6) is 1.30. The van der Waals surface area contributed by atoms with Crippen LogP contribution < -0.4 is 10.6 Å². The second-order valence-corrected chi connectivity index (χ2v) is 12.0. The summed E-state index contributed by atoms with van der Waals surface area (Å²) in [6.45, 7) is 11.4. The van der Waals surface area contributed by atoms with E-state index in [-0.39, 0.29) is 0 Å². The highest BCUT2D eigenvalue weighted by molar-refractivity contribution is 6.31. The minimum absolute atomic E-state index is 0.465. The van der Waals surface area contributed by atoms with Crippen molar-refractivity contribution in [2.24, 2.45) is 11.3 Å². The maximum atomic E-state index is 6.60. The molecule has 36 heavy (non-hydrogen) atoms. The largest absolute Gasteiger partial charge is 0.382 e. The second-order valence-electron chi connectivity index (χ2n) is 11.6. The lowest BCUT2D eigenvalue weighted by atomic mass is 9.61. The van der Waals surface area contributed by atoms with E-state index in [1.54, 1.807) is 0 Å². The quantitative estimate of drug-likeness (QED) is 0.306. The highest BCUT2D eigenvalue weighted by Gasteiger charge is 2.41. The first-order chi connectivity index (χ1) is 17.4. The number of nitrogens with one attached hydrogen (secondary N) is 3. The molecule has 0 amide bonds. The van der Waals surface area contributed by atoms with Crippen LogP contribution in [0, 0.1) is 11.3 Å². The molecule has 4 nitrogen and oxygen atoms in total. The second kappa shape index (κ2) is 8.99. The van der Waals surface area contributed by atoms with Gasteiger partial charge in [-0.25, -0.2) is 0 Å². The smallest absolute Gasteiger partial charge is 0.0742 e. The third kappa shape index (κ3) is 3.85. The van der Waals surface area contributed by atoms with Gasteiger partial charge in [0.25, 0.3) is 0 Å². The number of hydrogen-bond donors (Lipinski definition) is 3. The average molecular weight is 501 g/mol. The Morgan fingerprint density at radius 2 is 2.06 bits per heavy atom. The molecule has 2 aliphatic carbocycles. The number of pyridine rings is 1. The summed E-state index contributed by atoms with van der Waals surface area (Å²) in [4.78, 5) is 8.44. The molecule has 3 aromatic rings. The lowest BCUT2D eigenvalue weighted by Crippen LogP contribution is -2.45. The van der Waals surface area contributed by atoms with Crippen LogP contribution in [0.1, 0.15) is 81.2 Å². The molecule has 3 atom stereocenters. The monoisotopic (exact) mass is 500 g/mol. The first kappa shape index (κ1) is 23.7. The fraction of sp³-hybridized carbons (Fsp3) is 0.452. The topological polar surface area (TPSA) is 52.7 Å². The highest BCUT2D eigenvalue weighted by atomic mass is 35.5. The molecule has 0 radical (unpaired) electrons. The van der Waals surface area contributed by atoms with E-state index in [0.29, 0.717) is 17.4 Å². The molecular weight excluding hydrogens is 464 g/mol. The average Bonchev–Trinajstić information content (AvgIpc) is 3.19.